The van der Waals surface area contributed by atoms with E-state index in [2.05, 4.69) is 5.32 Å². The Hall–Kier alpha value is -3.93. The van der Waals surface area contributed by atoms with Gasteiger partial charge in [-0.15, -0.1) is 0 Å². The summed E-state index contributed by atoms with van der Waals surface area (Å²) in [7, 11) is 0. The van der Waals surface area contributed by atoms with Crippen LogP contribution in [0.5, 0.6) is 0 Å². The summed E-state index contributed by atoms with van der Waals surface area (Å²) in [5, 5.41) is 4.39. The second-order valence-corrected chi connectivity index (χ2v) is 9.21. The minimum atomic E-state index is -0.295. The number of carbonyl (C=O) groups excluding carboxylic acids is 1. The standard InChI is InChI=1S/C29H21Cl2N3O2/c30-22-12-10-20(11-13-22)28(35)32-23-14-15-26-24(17-23)29(36)34(18-21-8-4-5-9-25(21)31)27(33-26)16-19-6-2-1-3-7-19/h1-15,17H,16,18H2,(H,32,35). The van der Waals surface area contributed by atoms with Crippen molar-refractivity contribution in [1.82, 2.24) is 9.55 Å². The number of benzene rings is 4. The molecule has 0 aliphatic heterocycles. The van der Waals surface area contributed by atoms with Crippen molar-refractivity contribution in [3.05, 3.63) is 140 Å². The third kappa shape index (κ3) is 5.18. The van der Waals surface area contributed by atoms with Crippen molar-refractivity contribution in [3.63, 3.8) is 0 Å². The average molecular weight is 514 g/mol. The number of hydrogen-bond acceptors (Lipinski definition) is 3. The Morgan fingerprint density at radius 3 is 2.33 bits per heavy atom. The van der Waals surface area contributed by atoms with Crippen LogP contribution in [0.25, 0.3) is 10.9 Å². The second kappa shape index (κ2) is 10.4. The van der Waals surface area contributed by atoms with E-state index in [9.17, 15) is 9.59 Å². The zero-order chi connectivity index (χ0) is 25.1. The van der Waals surface area contributed by atoms with Gasteiger partial charge in [-0.3, -0.25) is 14.2 Å². The molecule has 1 N–H and O–H groups in total. The molecule has 0 spiro atoms. The summed E-state index contributed by atoms with van der Waals surface area (Å²) in [5.41, 5.74) is 3.19. The number of halogens is 2. The summed E-state index contributed by atoms with van der Waals surface area (Å²) in [5.74, 6) is 0.340. The molecule has 1 aromatic heterocycles. The highest BCUT2D eigenvalue weighted by Crippen LogP contribution is 2.21. The van der Waals surface area contributed by atoms with Gasteiger partial charge in [0.15, 0.2) is 0 Å². The van der Waals surface area contributed by atoms with Crippen molar-refractivity contribution in [3.8, 4) is 0 Å². The van der Waals surface area contributed by atoms with Gasteiger partial charge in [0.05, 0.1) is 17.4 Å². The molecule has 0 fully saturated rings. The first kappa shape index (κ1) is 23.8. The van der Waals surface area contributed by atoms with E-state index in [0.717, 1.165) is 11.1 Å². The molecular weight excluding hydrogens is 493 g/mol. The van der Waals surface area contributed by atoms with Crippen LogP contribution in [0.4, 0.5) is 5.69 Å². The Kier molecular flexibility index (Phi) is 6.85. The lowest BCUT2D eigenvalue weighted by molar-refractivity contribution is 0.102. The Balaban J connectivity index is 1.56. The molecule has 0 aliphatic rings. The van der Waals surface area contributed by atoms with E-state index in [1.54, 1.807) is 53.1 Å². The van der Waals surface area contributed by atoms with Crippen molar-refractivity contribution in [2.75, 3.05) is 5.32 Å². The molecular formula is C29H21Cl2N3O2. The molecule has 5 rings (SSSR count). The van der Waals surface area contributed by atoms with E-state index in [0.29, 0.717) is 44.4 Å². The van der Waals surface area contributed by atoms with Crippen LogP contribution >= 0.6 is 23.2 Å². The molecule has 0 unspecified atom stereocenters. The quantitative estimate of drug-likeness (QED) is 0.278. The van der Waals surface area contributed by atoms with Crippen LogP contribution in [0, 0.1) is 0 Å². The molecule has 0 bridgehead atoms. The molecule has 7 heteroatoms. The lowest BCUT2D eigenvalue weighted by Crippen LogP contribution is -2.26. The lowest BCUT2D eigenvalue weighted by Gasteiger charge is -2.15. The molecule has 0 radical (unpaired) electrons. The van der Waals surface area contributed by atoms with Crippen LogP contribution in [0.3, 0.4) is 0 Å². The lowest BCUT2D eigenvalue weighted by atomic mass is 10.1. The van der Waals surface area contributed by atoms with Gasteiger partial charge in [0.25, 0.3) is 11.5 Å². The van der Waals surface area contributed by atoms with Crippen molar-refractivity contribution in [2.24, 2.45) is 0 Å². The normalized spacial score (nSPS) is 10.9. The fourth-order valence-corrected chi connectivity index (χ4v) is 4.34. The van der Waals surface area contributed by atoms with Crippen molar-refractivity contribution < 1.29 is 4.79 Å². The highest BCUT2D eigenvalue weighted by atomic mass is 35.5. The van der Waals surface area contributed by atoms with Crippen LogP contribution in [0.2, 0.25) is 10.0 Å². The van der Waals surface area contributed by atoms with Gasteiger partial charge in [-0.25, -0.2) is 4.98 Å². The number of rotatable bonds is 6. The molecule has 4 aromatic carbocycles. The van der Waals surface area contributed by atoms with Crippen molar-refractivity contribution in [2.45, 2.75) is 13.0 Å². The Bertz CT molecular complexity index is 1610. The van der Waals surface area contributed by atoms with E-state index in [1.807, 2.05) is 48.5 Å². The summed E-state index contributed by atoms with van der Waals surface area (Å²) in [4.78, 5) is 31.3. The fraction of sp³-hybridized carbons (Fsp3) is 0.0690. The third-order valence-electron chi connectivity index (χ3n) is 5.89. The number of amides is 1. The largest absolute Gasteiger partial charge is 0.322 e. The number of fused-ring (bicyclic) bond motifs is 1. The molecule has 1 amide bonds. The van der Waals surface area contributed by atoms with Crippen molar-refractivity contribution in [1.29, 1.82) is 0 Å². The molecule has 0 saturated heterocycles. The molecule has 0 atom stereocenters. The van der Waals surface area contributed by atoms with Gasteiger partial charge in [0, 0.05) is 27.7 Å². The Morgan fingerprint density at radius 1 is 0.861 bits per heavy atom. The number of nitrogens with one attached hydrogen (secondary N) is 1. The van der Waals surface area contributed by atoms with E-state index < -0.39 is 0 Å². The zero-order valence-electron chi connectivity index (χ0n) is 19.1. The number of nitrogens with zero attached hydrogens (tertiary/aromatic N) is 2. The Morgan fingerprint density at radius 2 is 1.58 bits per heavy atom. The van der Waals surface area contributed by atoms with Crippen LogP contribution in [-0.2, 0) is 13.0 Å². The average Bonchev–Trinajstić information content (AvgIpc) is 2.89. The maximum Gasteiger partial charge on any atom is 0.261 e. The smallest absolute Gasteiger partial charge is 0.261 e. The highest BCUT2D eigenvalue weighted by molar-refractivity contribution is 6.31. The first-order chi connectivity index (χ1) is 17.5. The third-order valence-corrected chi connectivity index (χ3v) is 6.51. The molecule has 1 heterocycles. The van der Waals surface area contributed by atoms with E-state index in [4.69, 9.17) is 28.2 Å². The van der Waals surface area contributed by atoms with Gasteiger partial charge < -0.3 is 5.32 Å². The van der Waals surface area contributed by atoms with E-state index in [-0.39, 0.29) is 18.0 Å². The first-order valence-electron chi connectivity index (χ1n) is 11.4. The number of anilines is 1. The van der Waals surface area contributed by atoms with Crippen LogP contribution in [-0.4, -0.2) is 15.5 Å². The van der Waals surface area contributed by atoms with Gasteiger partial charge in [-0.2, -0.15) is 0 Å². The van der Waals surface area contributed by atoms with Crippen LogP contribution in [0.15, 0.2) is 102 Å². The van der Waals surface area contributed by atoms with Gasteiger partial charge in [-0.05, 0) is 59.7 Å². The summed E-state index contributed by atoms with van der Waals surface area (Å²) >= 11 is 12.3. The molecule has 36 heavy (non-hydrogen) atoms. The van der Waals surface area contributed by atoms with Gasteiger partial charge >= 0.3 is 0 Å². The minimum absolute atomic E-state index is 0.201. The van der Waals surface area contributed by atoms with E-state index in [1.165, 1.54) is 0 Å². The van der Waals surface area contributed by atoms with Crippen LogP contribution in [0.1, 0.15) is 27.3 Å². The predicted molar refractivity (Wildman–Crippen MR) is 145 cm³/mol. The summed E-state index contributed by atoms with van der Waals surface area (Å²) in [6, 6.07) is 29.1. The van der Waals surface area contributed by atoms with Crippen molar-refractivity contribution >= 4 is 45.7 Å². The first-order valence-corrected chi connectivity index (χ1v) is 12.1. The molecule has 5 nitrogen and oxygen atoms in total. The summed E-state index contributed by atoms with van der Waals surface area (Å²) in [6.07, 6.45) is 0.492. The predicted octanol–water partition coefficient (Wildman–Crippen LogP) is 6.59. The van der Waals surface area contributed by atoms with Gasteiger partial charge in [0.2, 0.25) is 0 Å². The van der Waals surface area contributed by atoms with Crippen LogP contribution < -0.4 is 10.9 Å². The monoisotopic (exact) mass is 513 g/mol. The molecule has 5 aromatic rings. The second-order valence-electron chi connectivity index (χ2n) is 8.37. The molecule has 0 saturated carbocycles. The summed E-state index contributed by atoms with van der Waals surface area (Å²) < 4.78 is 1.65. The van der Waals surface area contributed by atoms with Gasteiger partial charge in [-0.1, -0.05) is 71.7 Å². The number of hydrogen-bond donors (Lipinski definition) is 1. The fourth-order valence-electron chi connectivity index (χ4n) is 4.02. The van der Waals surface area contributed by atoms with Gasteiger partial charge in [0.1, 0.15) is 5.82 Å². The highest BCUT2D eigenvalue weighted by Gasteiger charge is 2.15. The number of aromatic nitrogens is 2. The van der Waals surface area contributed by atoms with E-state index >= 15 is 0 Å². The summed E-state index contributed by atoms with van der Waals surface area (Å²) in [6.45, 7) is 0.283. The SMILES string of the molecule is O=C(Nc1ccc2nc(Cc3ccccc3)n(Cc3ccccc3Cl)c(=O)c2c1)c1ccc(Cl)cc1. The Labute approximate surface area is 218 Å². The number of carbonyl (C=O) groups is 1. The zero-order valence-corrected chi connectivity index (χ0v) is 20.6. The molecule has 0 aliphatic carbocycles. The maximum absolute atomic E-state index is 13.8. The topological polar surface area (TPSA) is 64.0 Å². The molecule has 178 valence electrons. The maximum atomic E-state index is 13.8. The minimum Gasteiger partial charge on any atom is -0.322 e.